The highest BCUT2D eigenvalue weighted by Gasteiger charge is 2.80. The van der Waals surface area contributed by atoms with E-state index < -0.39 is 0 Å². The second-order valence-electron chi connectivity index (χ2n) is 14.7. The topological polar surface area (TPSA) is 49.8 Å². The monoisotopic (exact) mass is 503 g/mol. The predicted octanol–water partition coefficient (Wildman–Crippen LogP) is 5.68. The Bertz CT molecular complexity index is 878. The number of ether oxygens (including phenoxy) is 1. The summed E-state index contributed by atoms with van der Waals surface area (Å²) in [5.74, 6) is 3.49. The molecule has 2 saturated heterocycles. The smallest absolute Gasteiger partial charge is 0.222 e. The Morgan fingerprint density at radius 3 is 2.54 bits per heavy atom. The quantitative estimate of drug-likeness (QED) is 0.527. The van der Waals surface area contributed by atoms with Gasteiger partial charge in [-0.1, -0.05) is 20.8 Å². The van der Waals surface area contributed by atoms with E-state index in [1.807, 2.05) is 0 Å². The van der Waals surface area contributed by atoms with Gasteiger partial charge in [-0.2, -0.15) is 13.5 Å². The molecule has 5 aliphatic carbocycles. The molecule has 0 aromatic rings. The van der Waals surface area contributed by atoms with E-state index >= 15 is 0 Å². The number of piperidine rings is 1. The van der Waals surface area contributed by atoms with Gasteiger partial charge in [-0.3, -0.25) is 4.79 Å². The van der Waals surface area contributed by atoms with E-state index in [0.29, 0.717) is 28.3 Å². The Morgan fingerprint density at radius 2 is 1.74 bits per heavy atom. The summed E-state index contributed by atoms with van der Waals surface area (Å²) in [5, 5.41) is 10.9. The zero-order chi connectivity index (χ0) is 23.5. The van der Waals surface area contributed by atoms with Crippen molar-refractivity contribution in [2.24, 2.45) is 45.3 Å². The van der Waals surface area contributed by atoms with Crippen LogP contribution in [0.25, 0.3) is 0 Å². The van der Waals surface area contributed by atoms with Crippen LogP contribution in [0.3, 0.4) is 0 Å². The van der Waals surface area contributed by atoms with Gasteiger partial charge in [-0.25, -0.2) is 0 Å². The van der Waals surface area contributed by atoms with Crippen LogP contribution >= 0.6 is 13.5 Å². The average Bonchev–Trinajstić information content (AvgIpc) is 3.39. The highest BCUT2D eigenvalue weighted by molar-refractivity contribution is 7.59. The number of amides is 1. The van der Waals surface area contributed by atoms with Gasteiger partial charge in [0.2, 0.25) is 5.91 Å². The molecule has 35 heavy (non-hydrogen) atoms. The highest BCUT2D eigenvalue weighted by Crippen LogP contribution is 2.87. The third-order valence-electron chi connectivity index (χ3n) is 13.5. The summed E-state index contributed by atoms with van der Waals surface area (Å²) in [5.41, 5.74) is 1.64. The third-order valence-corrected chi connectivity index (χ3v) is 13.5. The molecule has 2 aliphatic heterocycles. The first-order valence-electron chi connectivity index (χ1n) is 14.8. The lowest BCUT2D eigenvalue weighted by molar-refractivity contribution is -0.142. The summed E-state index contributed by atoms with van der Waals surface area (Å²) in [6.45, 7) is 9.15. The van der Waals surface area contributed by atoms with Crippen molar-refractivity contribution in [1.82, 2.24) is 4.90 Å². The highest BCUT2D eigenvalue weighted by atomic mass is 32.1. The average molecular weight is 504 g/mol. The van der Waals surface area contributed by atoms with E-state index in [1.165, 1.54) is 51.4 Å². The Balaban J connectivity index is 0.00000229. The maximum absolute atomic E-state index is 12.4. The van der Waals surface area contributed by atoms with E-state index in [9.17, 15) is 9.90 Å². The van der Waals surface area contributed by atoms with Gasteiger partial charge in [0.1, 0.15) is 0 Å². The lowest BCUT2D eigenvalue weighted by atomic mass is 9.46. The summed E-state index contributed by atoms with van der Waals surface area (Å²) >= 11 is 0. The Morgan fingerprint density at radius 1 is 0.943 bits per heavy atom. The summed E-state index contributed by atoms with van der Waals surface area (Å²) in [4.78, 5) is 14.5. The number of nitrogens with zero attached hydrogens (tertiary/aromatic N) is 1. The summed E-state index contributed by atoms with van der Waals surface area (Å²) in [7, 11) is 0. The van der Waals surface area contributed by atoms with Crippen molar-refractivity contribution >= 4 is 19.4 Å². The van der Waals surface area contributed by atoms with Crippen molar-refractivity contribution < 1.29 is 14.6 Å². The molecule has 7 fully saturated rings. The SMILES string of the molecule is CC12CCC34CC35CC[C@H](O)C(C)(C)C5CCC4C1CC1OC(CN3CCCCC3=O)CCC12.S. The number of hydrogen-bond acceptors (Lipinski definition) is 3. The maximum atomic E-state index is 12.4. The molecule has 5 heteroatoms. The number of carbonyl (C=O) groups is 1. The second-order valence-corrected chi connectivity index (χ2v) is 14.7. The van der Waals surface area contributed by atoms with Gasteiger partial charge in [-0.15, -0.1) is 0 Å². The molecule has 9 unspecified atom stereocenters. The zero-order valence-corrected chi connectivity index (χ0v) is 23.4. The fourth-order valence-corrected chi connectivity index (χ4v) is 11.7. The van der Waals surface area contributed by atoms with E-state index in [1.54, 1.807) is 0 Å². The van der Waals surface area contributed by atoms with Gasteiger partial charge in [0.25, 0.3) is 0 Å². The van der Waals surface area contributed by atoms with Crippen LogP contribution in [0.4, 0.5) is 0 Å². The first-order valence-corrected chi connectivity index (χ1v) is 14.8. The van der Waals surface area contributed by atoms with Gasteiger partial charge in [0.15, 0.2) is 0 Å². The fourth-order valence-electron chi connectivity index (χ4n) is 11.7. The minimum atomic E-state index is -0.113. The molecule has 0 aromatic carbocycles. The maximum Gasteiger partial charge on any atom is 0.222 e. The molecule has 0 aromatic heterocycles. The standard InChI is InChI=1S/C30H47NO3.H2S/c1-27(2)24-10-9-20-22-16-23-21(8-7-19(34-23)17-31-15-5-4-6-26(31)33)28(22,3)13-14-29(20)18-30(24,29)12-11-25(27)32;/h19-25,32H,4-18H2,1-3H3;1H2/t19?,20?,21?,22?,23?,24?,25-,28?,29?,30?;/m0./s1. The number of fused-ring (bicyclic) bond motifs is 4. The van der Waals surface area contributed by atoms with E-state index in [0.717, 1.165) is 68.9 Å². The molecule has 7 rings (SSSR count). The van der Waals surface area contributed by atoms with Gasteiger partial charge < -0.3 is 14.7 Å². The Labute approximate surface area is 219 Å². The van der Waals surface area contributed by atoms with Crippen molar-refractivity contribution in [3.63, 3.8) is 0 Å². The minimum Gasteiger partial charge on any atom is -0.393 e. The van der Waals surface area contributed by atoms with Crippen molar-refractivity contribution in [3.05, 3.63) is 0 Å². The van der Waals surface area contributed by atoms with Crippen LogP contribution in [0, 0.1) is 45.3 Å². The number of aliphatic hydroxyl groups is 1. The number of rotatable bonds is 2. The normalized spacial score (nSPS) is 53.9. The molecular formula is C30H49NO3S. The van der Waals surface area contributed by atoms with Crippen LogP contribution < -0.4 is 0 Å². The first kappa shape index (κ1) is 25.0. The van der Waals surface area contributed by atoms with E-state index in [4.69, 9.17) is 4.74 Å². The zero-order valence-electron chi connectivity index (χ0n) is 22.4. The third kappa shape index (κ3) is 3.22. The number of hydrogen-bond donors (Lipinski definition) is 1. The molecule has 198 valence electrons. The Kier molecular flexibility index (Phi) is 5.81. The summed E-state index contributed by atoms with van der Waals surface area (Å²) < 4.78 is 6.87. The summed E-state index contributed by atoms with van der Waals surface area (Å²) in [6, 6.07) is 0. The number of carbonyl (C=O) groups excluding carboxylic acids is 1. The van der Waals surface area contributed by atoms with Crippen LogP contribution in [0.5, 0.6) is 0 Å². The molecule has 1 N–H and O–H groups in total. The molecule has 7 aliphatic rings. The van der Waals surface area contributed by atoms with E-state index in [2.05, 4.69) is 25.7 Å². The lowest BCUT2D eigenvalue weighted by Crippen LogP contribution is -2.54. The van der Waals surface area contributed by atoms with Gasteiger partial charge in [0.05, 0.1) is 18.3 Å². The lowest BCUT2D eigenvalue weighted by Gasteiger charge is -2.59. The predicted molar refractivity (Wildman–Crippen MR) is 142 cm³/mol. The van der Waals surface area contributed by atoms with Crippen molar-refractivity contribution in [1.29, 1.82) is 0 Å². The first-order chi connectivity index (χ1) is 16.2. The minimum absolute atomic E-state index is 0. The van der Waals surface area contributed by atoms with Crippen LogP contribution in [0.15, 0.2) is 0 Å². The molecule has 2 heterocycles. The fraction of sp³-hybridized carbons (Fsp3) is 0.967. The molecule has 10 atom stereocenters. The van der Waals surface area contributed by atoms with Crippen molar-refractivity contribution in [2.75, 3.05) is 13.1 Å². The van der Waals surface area contributed by atoms with Gasteiger partial charge in [0, 0.05) is 19.5 Å². The van der Waals surface area contributed by atoms with Crippen LogP contribution in [-0.4, -0.2) is 47.3 Å². The largest absolute Gasteiger partial charge is 0.393 e. The Hall–Kier alpha value is -0.260. The second kappa shape index (κ2) is 8.12. The van der Waals surface area contributed by atoms with Crippen molar-refractivity contribution in [3.8, 4) is 0 Å². The molecule has 5 saturated carbocycles. The summed E-state index contributed by atoms with van der Waals surface area (Å²) in [6.07, 6.45) is 16.5. The van der Waals surface area contributed by atoms with Crippen molar-refractivity contribution in [2.45, 2.75) is 123 Å². The van der Waals surface area contributed by atoms with E-state index in [-0.39, 0.29) is 31.1 Å². The van der Waals surface area contributed by atoms with Gasteiger partial charge in [-0.05, 0) is 122 Å². The van der Waals surface area contributed by atoms with Crippen LogP contribution in [-0.2, 0) is 9.53 Å². The number of likely N-dealkylation sites (tertiary alicyclic amines) is 1. The molecular weight excluding hydrogens is 454 g/mol. The van der Waals surface area contributed by atoms with Gasteiger partial charge >= 0.3 is 0 Å². The molecule has 4 nitrogen and oxygen atoms in total. The van der Waals surface area contributed by atoms with Crippen LogP contribution in [0.2, 0.25) is 0 Å². The number of aliphatic hydroxyl groups excluding tert-OH is 1. The van der Waals surface area contributed by atoms with Crippen LogP contribution in [0.1, 0.15) is 104 Å². The molecule has 0 radical (unpaired) electrons. The molecule has 0 bridgehead atoms. The molecule has 1 amide bonds. The molecule has 2 spiro atoms.